The zero-order valence-electron chi connectivity index (χ0n) is 17.5. The van der Waals surface area contributed by atoms with Gasteiger partial charge in [-0.25, -0.2) is 17.8 Å². The quantitative estimate of drug-likeness (QED) is 0.698. The van der Waals surface area contributed by atoms with Crippen LogP contribution in [-0.2, 0) is 10.0 Å². The molecule has 7 nitrogen and oxygen atoms in total. The zero-order valence-corrected chi connectivity index (χ0v) is 18.4. The van der Waals surface area contributed by atoms with Crippen LogP contribution >= 0.6 is 0 Å². The molecule has 2 fully saturated rings. The summed E-state index contributed by atoms with van der Waals surface area (Å²) in [6.45, 7) is 5.52. The molecular weight excluding hydrogens is 388 g/mol. The van der Waals surface area contributed by atoms with Crippen molar-refractivity contribution in [1.82, 2.24) is 18.8 Å². The van der Waals surface area contributed by atoms with Crippen molar-refractivity contribution in [3.8, 4) is 0 Å². The maximum absolute atomic E-state index is 13.3. The van der Waals surface area contributed by atoms with Crippen LogP contribution < -0.4 is 10.3 Å². The molecule has 1 N–H and O–H groups in total. The lowest BCUT2D eigenvalue weighted by Gasteiger charge is -2.39. The number of aromatic nitrogens is 2. The van der Waals surface area contributed by atoms with Crippen LogP contribution in [0, 0.1) is 0 Å². The Morgan fingerprint density at radius 2 is 1.90 bits per heavy atom. The Morgan fingerprint density at radius 1 is 1.21 bits per heavy atom. The first-order valence-corrected chi connectivity index (χ1v) is 12.6. The summed E-state index contributed by atoms with van der Waals surface area (Å²) in [6.07, 6.45) is 8.35. The summed E-state index contributed by atoms with van der Waals surface area (Å²) in [5.41, 5.74) is 2.18. The van der Waals surface area contributed by atoms with Crippen LogP contribution in [-0.4, -0.2) is 53.9 Å². The smallest absolute Gasteiger partial charge is 0.269 e. The highest BCUT2D eigenvalue weighted by Crippen LogP contribution is 2.42. The molecule has 0 aromatic carbocycles. The normalized spacial score (nSPS) is 25.3. The summed E-state index contributed by atoms with van der Waals surface area (Å²) in [4.78, 5) is 15.9. The van der Waals surface area contributed by atoms with Crippen molar-refractivity contribution in [2.75, 3.05) is 19.3 Å². The Hall–Kier alpha value is -1.64. The molecule has 8 heteroatoms. The fourth-order valence-corrected chi connectivity index (χ4v) is 5.85. The number of sulfonamides is 1. The van der Waals surface area contributed by atoms with Crippen molar-refractivity contribution in [3.63, 3.8) is 0 Å². The topological polar surface area (TPSA) is 75.8 Å². The minimum absolute atomic E-state index is 0.108. The molecule has 2 aliphatic rings. The van der Waals surface area contributed by atoms with E-state index in [0.717, 1.165) is 36.9 Å². The van der Waals surface area contributed by atoms with Crippen molar-refractivity contribution < 1.29 is 8.42 Å². The van der Waals surface area contributed by atoms with Crippen LogP contribution in [0.5, 0.6) is 0 Å². The molecule has 2 bridgehead atoms. The van der Waals surface area contributed by atoms with Gasteiger partial charge in [0.1, 0.15) is 0 Å². The average Bonchev–Trinajstić information content (AvgIpc) is 3.18. The third kappa shape index (κ3) is 4.15. The predicted molar refractivity (Wildman–Crippen MR) is 115 cm³/mol. The summed E-state index contributed by atoms with van der Waals surface area (Å²) < 4.78 is 28.9. The van der Waals surface area contributed by atoms with E-state index < -0.39 is 10.0 Å². The Bertz CT molecular complexity index is 1030. The van der Waals surface area contributed by atoms with Gasteiger partial charge in [-0.3, -0.25) is 14.2 Å². The summed E-state index contributed by atoms with van der Waals surface area (Å²) in [6, 6.07) is 7.25. The summed E-state index contributed by atoms with van der Waals surface area (Å²) in [5, 5.41) is 0. The summed E-state index contributed by atoms with van der Waals surface area (Å²) >= 11 is 0. The van der Waals surface area contributed by atoms with Gasteiger partial charge in [-0.05, 0) is 76.6 Å². The van der Waals surface area contributed by atoms with E-state index in [1.54, 1.807) is 0 Å². The van der Waals surface area contributed by atoms with E-state index in [1.165, 1.54) is 19.1 Å². The zero-order chi connectivity index (χ0) is 20.8. The number of piperidine rings is 1. The number of nitrogens with one attached hydrogen (secondary N) is 1. The van der Waals surface area contributed by atoms with Crippen LogP contribution in [0.15, 0.2) is 29.2 Å². The van der Waals surface area contributed by atoms with Crippen molar-refractivity contribution in [2.24, 2.45) is 0 Å². The van der Waals surface area contributed by atoms with E-state index in [9.17, 15) is 13.2 Å². The lowest BCUT2D eigenvalue weighted by atomic mass is 9.85. The molecule has 4 rings (SSSR count). The highest BCUT2D eigenvalue weighted by Gasteiger charge is 2.41. The number of hydrogen-bond donors (Lipinski definition) is 1. The van der Waals surface area contributed by atoms with Crippen molar-refractivity contribution in [2.45, 2.75) is 70.0 Å². The van der Waals surface area contributed by atoms with Gasteiger partial charge in [0, 0.05) is 36.4 Å². The minimum Gasteiger partial charge on any atom is -0.297 e. The number of fused-ring (bicyclic) bond motifs is 3. The first-order chi connectivity index (χ1) is 13.7. The average molecular weight is 421 g/mol. The molecule has 2 aromatic heterocycles. The molecule has 0 spiro atoms. The fourth-order valence-electron chi connectivity index (χ4n) is 5.34. The van der Waals surface area contributed by atoms with Crippen LogP contribution in [0.3, 0.4) is 0 Å². The Kier molecular flexibility index (Phi) is 5.61. The van der Waals surface area contributed by atoms with Gasteiger partial charge in [0.25, 0.3) is 5.56 Å². The predicted octanol–water partition coefficient (Wildman–Crippen LogP) is 2.33. The molecule has 29 heavy (non-hydrogen) atoms. The highest BCUT2D eigenvalue weighted by molar-refractivity contribution is 7.88. The van der Waals surface area contributed by atoms with E-state index in [-0.39, 0.29) is 11.6 Å². The molecule has 2 aliphatic heterocycles. The SMILES string of the molecule is CC(C)n1c(=O)c(C2CC3CCC(C2)N3CCCNS(C)(=O)=O)cc2cccn21. The number of hydrogen-bond acceptors (Lipinski definition) is 4. The van der Waals surface area contributed by atoms with E-state index in [2.05, 4.69) is 35.6 Å². The van der Waals surface area contributed by atoms with Gasteiger partial charge in [0.2, 0.25) is 10.0 Å². The van der Waals surface area contributed by atoms with Crippen molar-refractivity contribution in [1.29, 1.82) is 0 Å². The van der Waals surface area contributed by atoms with Crippen LogP contribution in [0.1, 0.15) is 63.5 Å². The standard InChI is InChI=1S/C21H32N4O3S/c1-15(2)25-21(26)20(14-19-6-4-11-24(19)25)16-12-17-7-8-18(13-16)23(17)10-5-9-22-29(3,27)28/h4,6,11,14-18,22H,5,7-10,12-13H2,1-3H3. The number of nitrogens with zero attached hydrogens (tertiary/aromatic N) is 3. The Morgan fingerprint density at radius 3 is 2.52 bits per heavy atom. The van der Waals surface area contributed by atoms with Gasteiger partial charge < -0.3 is 0 Å². The van der Waals surface area contributed by atoms with Crippen molar-refractivity contribution in [3.05, 3.63) is 40.3 Å². The summed E-state index contributed by atoms with van der Waals surface area (Å²) in [7, 11) is -3.12. The molecule has 2 aromatic rings. The molecule has 0 amide bonds. The van der Waals surface area contributed by atoms with Gasteiger partial charge in [-0.15, -0.1) is 0 Å². The molecule has 4 heterocycles. The molecule has 2 saturated heterocycles. The molecule has 2 atom stereocenters. The van der Waals surface area contributed by atoms with Crippen LogP contribution in [0.25, 0.3) is 5.52 Å². The minimum atomic E-state index is -3.12. The van der Waals surface area contributed by atoms with E-state index in [0.29, 0.717) is 24.5 Å². The van der Waals surface area contributed by atoms with Gasteiger partial charge in [-0.2, -0.15) is 0 Å². The van der Waals surface area contributed by atoms with Gasteiger partial charge >= 0.3 is 0 Å². The number of rotatable bonds is 7. The van der Waals surface area contributed by atoms with Crippen molar-refractivity contribution >= 4 is 15.5 Å². The van der Waals surface area contributed by atoms with E-state index in [4.69, 9.17) is 0 Å². The summed E-state index contributed by atoms with van der Waals surface area (Å²) in [5.74, 6) is 0.301. The molecule has 2 unspecified atom stereocenters. The molecule has 0 saturated carbocycles. The molecule has 0 aliphatic carbocycles. The lowest BCUT2D eigenvalue weighted by Crippen LogP contribution is -2.44. The second-order valence-electron chi connectivity index (χ2n) is 8.93. The molecule has 0 radical (unpaired) electrons. The maximum atomic E-state index is 13.3. The fraction of sp³-hybridized carbons (Fsp3) is 0.667. The lowest BCUT2D eigenvalue weighted by molar-refractivity contribution is 0.125. The van der Waals surface area contributed by atoms with Gasteiger partial charge in [-0.1, -0.05) is 0 Å². The van der Waals surface area contributed by atoms with Crippen LogP contribution in [0.2, 0.25) is 0 Å². The van der Waals surface area contributed by atoms with Gasteiger partial charge in [0.05, 0.1) is 11.8 Å². The van der Waals surface area contributed by atoms with E-state index in [1.807, 2.05) is 21.5 Å². The Balaban J connectivity index is 1.51. The molecular formula is C21H32N4O3S. The second-order valence-corrected chi connectivity index (χ2v) is 10.8. The first-order valence-electron chi connectivity index (χ1n) is 10.7. The van der Waals surface area contributed by atoms with E-state index >= 15 is 0 Å². The maximum Gasteiger partial charge on any atom is 0.269 e. The third-order valence-electron chi connectivity index (χ3n) is 6.52. The first kappa shape index (κ1) is 20.6. The second kappa shape index (κ2) is 7.89. The van der Waals surface area contributed by atoms with Gasteiger partial charge in [0.15, 0.2) is 0 Å². The Labute approximate surface area is 172 Å². The largest absolute Gasteiger partial charge is 0.297 e. The highest BCUT2D eigenvalue weighted by atomic mass is 32.2. The van der Waals surface area contributed by atoms with Crippen LogP contribution in [0.4, 0.5) is 0 Å². The molecule has 160 valence electrons. The monoisotopic (exact) mass is 420 g/mol. The third-order valence-corrected chi connectivity index (χ3v) is 7.25.